The minimum absolute atomic E-state index is 0.00215. The van der Waals surface area contributed by atoms with Crippen LogP contribution in [0.4, 0.5) is 10.1 Å². The van der Waals surface area contributed by atoms with Gasteiger partial charge in [-0.25, -0.2) is 17.9 Å². The molecular formula is C11H16FN3O2S. The molecule has 100 valence electrons. The standard InChI is InChI=1S/C11H16FN3O2S/c12-8-6-7(18(14,16)17)4-5-10(8)15-11-3-1-2-9(11)13/h4-6,9,11,15H,1-3,13H2,(H2,14,16,17). The highest BCUT2D eigenvalue weighted by Crippen LogP contribution is 2.24. The minimum Gasteiger partial charge on any atom is -0.378 e. The lowest BCUT2D eigenvalue weighted by atomic mass is 10.1. The summed E-state index contributed by atoms with van der Waals surface area (Å²) in [5.74, 6) is -0.638. The predicted molar refractivity (Wildman–Crippen MR) is 67.0 cm³/mol. The van der Waals surface area contributed by atoms with Crippen LogP contribution in [-0.2, 0) is 10.0 Å². The molecule has 0 aliphatic heterocycles. The van der Waals surface area contributed by atoms with E-state index in [0.717, 1.165) is 25.3 Å². The summed E-state index contributed by atoms with van der Waals surface area (Å²) in [4.78, 5) is -0.235. The lowest BCUT2D eigenvalue weighted by Gasteiger charge is -2.19. The number of nitrogens with one attached hydrogen (secondary N) is 1. The topological polar surface area (TPSA) is 98.2 Å². The number of rotatable bonds is 3. The van der Waals surface area contributed by atoms with E-state index in [1.54, 1.807) is 0 Å². The molecule has 5 N–H and O–H groups in total. The fraction of sp³-hybridized carbons (Fsp3) is 0.455. The second-order valence-corrected chi connectivity index (χ2v) is 6.09. The second kappa shape index (κ2) is 4.83. The van der Waals surface area contributed by atoms with E-state index in [4.69, 9.17) is 10.9 Å². The number of benzene rings is 1. The van der Waals surface area contributed by atoms with E-state index in [0.29, 0.717) is 0 Å². The van der Waals surface area contributed by atoms with Crippen molar-refractivity contribution in [3.63, 3.8) is 0 Å². The first-order valence-corrected chi connectivity index (χ1v) is 7.27. The molecular weight excluding hydrogens is 257 g/mol. The zero-order chi connectivity index (χ0) is 13.3. The Labute approximate surface area is 105 Å². The Morgan fingerprint density at radius 3 is 2.56 bits per heavy atom. The highest BCUT2D eigenvalue weighted by Gasteiger charge is 2.24. The summed E-state index contributed by atoms with van der Waals surface area (Å²) >= 11 is 0. The molecule has 0 amide bonds. The van der Waals surface area contributed by atoms with Gasteiger partial charge in [0.25, 0.3) is 0 Å². The number of hydrogen-bond acceptors (Lipinski definition) is 4. The smallest absolute Gasteiger partial charge is 0.238 e. The summed E-state index contributed by atoms with van der Waals surface area (Å²) in [7, 11) is -3.87. The van der Waals surface area contributed by atoms with E-state index >= 15 is 0 Å². The van der Waals surface area contributed by atoms with Gasteiger partial charge < -0.3 is 11.1 Å². The van der Waals surface area contributed by atoms with Crippen LogP contribution < -0.4 is 16.2 Å². The van der Waals surface area contributed by atoms with Gasteiger partial charge in [0.15, 0.2) is 0 Å². The highest BCUT2D eigenvalue weighted by atomic mass is 32.2. The van der Waals surface area contributed by atoms with Crippen molar-refractivity contribution < 1.29 is 12.8 Å². The van der Waals surface area contributed by atoms with Crippen molar-refractivity contribution in [2.45, 2.75) is 36.2 Å². The Hall–Kier alpha value is -1.18. The summed E-state index contributed by atoms with van der Waals surface area (Å²) in [6.07, 6.45) is 2.81. The molecule has 0 heterocycles. The number of anilines is 1. The highest BCUT2D eigenvalue weighted by molar-refractivity contribution is 7.89. The van der Waals surface area contributed by atoms with Gasteiger partial charge in [-0.1, -0.05) is 0 Å². The van der Waals surface area contributed by atoms with Crippen molar-refractivity contribution in [2.75, 3.05) is 5.32 Å². The molecule has 1 aliphatic carbocycles. The van der Waals surface area contributed by atoms with Crippen molar-refractivity contribution in [1.82, 2.24) is 0 Å². The molecule has 1 saturated carbocycles. The average Bonchev–Trinajstić information content (AvgIpc) is 2.66. The van der Waals surface area contributed by atoms with Crippen molar-refractivity contribution in [2.24, 2.45) is 10.9 Å². The molecule has 5 nitrogen and oxygen atoms in total. The molecule has 2 atom stereocenters. The third-order valence-corrected chi connectivity index (χ3v) is 4.09. The molecule has 1 aromatic carbocycles. The van der Waals surface area contributed by atoms with Gasteiger partial charge >= 0.3 is 0 Å². The number of sulfonamides is 1. The molecule has 0 saturated heterocycles. The van der Waals surface area contributed by atoms with E-state index in [-0.39, 0.29) is 22.7 Å². The number of nitrogens with two attached hydrogens (primary N) is 2. The van der Waals surface area contributed by atoms with Gasteiger partial charge in [-0.2, -0.15) is 0 Å². The summed E-state index contributed by atoms with van der Waals surface area (Å²) < 4.78 is 35.9. The summed E-state index contributed by atoms with van der Waals surface area (Å²) in [5, 5.41) is 7.93. The van der Waals surface area contributed by atoms with Crippen LogP contribution in [0.3, 0.4) is 0 Å². The molecule has 1 aromatic rings. The van der Waals surface area contributed by atoms with Gasteiger partial charge in [-0.05, 0) is 37.5 Å². The van der Waals surface area contributed by atoms with Crippen LogP contribution in [0.5, 0.6) is 0 Å². The minimum atomic E-state index is -3.87. The Balaban J connectivity index is 2.20. The Morgan fingerprint density at radius 1 is 1.33 bits per heavy atom. The molecule has 2 unspecified atom stereocenters. The van der Waals surface area contributed by atoms with Crippen molar-refractivity contribution in [1.29, 1.82) is 0 Å². The Bertz CT molecular complexity index is 547. The van der Waals surface area contributed by atoms with Crippen molar-refractivity contribution in [3.05, 3.63) is 24.0 Å². The van der Waals surface area contributed by atoms with Crippen molar-refractivity contribution in [3.8, 4) is 0 Å². The average molecular weight is 273 g/mol. The SMILES string of the molecule is NC1CCCC1Nc1ccc(S(N)(=O)=O)cc1F. The van der Waals surface area contributed by atoms with Crippen LogP contribution in [0.15, 0.2) is 23.1 Å². The molecule has 1 aliphatic rings. The zero-order valence-electron chi connectivity index (χ0n) is 9.77. The van der Waals surface area contributed by atoms with Crippen LogP contribution in [0, 0.1) is 5.82 Å². The van der Waals surface area contributed by atoms with Gasteiger partial charge in [0.1, 0.15) is 5.82 Å². The fourth-order valence-corrected chi connectivity index (χ4v) is 2.68. The van der Waals surface area contributed by atoms with E-state index < -0.39 is 15.8 Å². The van der Waals surface area contributed by atoms with Gasteiger partial charge in [-0.15, -0.1) is 0 Å². The first-order chi connectivity index (χ1) is 8.38. The molecule has 1 fully saturated rings. The molecule has 0 aromatic heterocycles. The third kappa shape index (κ3) is 2.80. The van der Waals surface area contributed by atoms with E-state index in [9.17, 15) is 12.8 Å². The molecule has 18 heavy (non-hydrogen) atoms. The van der Waals surface area contributed by atoms with Gasteiger partial charge in [0, 0.05) is 12.1 Å². The van der Waals surface area contributed by atoms with Crippen LogP contribution >= 0.6 is 0 Å². The van der Waals surface area contributed by atoms with Crippen LogP contribution in [0.25, 0.3) is 0 Å². The first kappa shape index (κ1) is 13.3. The molecule has 7 heteroatoms. The maximum atomic E-state index is 13.7. The number of hydrogen-bond donors (Lipinski definition) is 3. The molecule has 2 rings (SSSR count). The van der Waals surface area contributed by atoms with Crippen LogP contribution in [-0.4, -0.2) is 20.5 Å². The van der Waals surface area contributed by atoms with E-state index in [2.05, 4.69) is 5.32 Å². The lowest BCUT2D eigenvalue weighted by Crippen LogP contribution is -2.35. The van der Waals surface area contributed by atoms with Crippen LogP contribution in [0.1, 0.15) is 19.3 Å². The summed E-state index contributed by atoms with van der Waals surface area (Å²) in [5.41, 5.74) is 6.13. The normalized spacial score (nSPS) is 24.2. The Kier molecular flexibility index (Phi) is 3.56. The maximum Gasteiger partial charge on any atom is 0.238 e. The fourth-order valence-electron chi connectivity index (χ4n) is 2.16. The van der Waals surface area contributed by atoms with Crippen LogP contribution in [0.2, 0.25) is 0 Å². The molecule has 0 spiro atoms. The summed E-state index contributed by atoms with van der Waals surface area (Å²) in [6.45, 7) is 0. The van der Waals surface area contributed by atoms with Crippen molar-refractivity contribution >= 4 is 15.7 Å². The monoisotopic (exact) mass is 273 g/mol. The lowest BCUT2D eigenvalue weighted by molar-refractivity contribution is 0.589. The first-order valence-electron chi connectivity index (χ1n) is 5.72. The van der Waals surface area contributed by atoms with E-state index in [1.807, 2.05) is 0 Å². The molecule has 0 radical (unpaired) electrons. The van der Waals surface area contributed by atoms with Gasteiger partial charge in [0.2, 0.25) is 10.0 Å². The maximum absolute atomic E-state index is 13.7. The van der Waals surface area contributed by atoms with E-state index in [1.165, 1.54) is 12.1 Å². The second-order valence-electron chi connectivity index (χ2n) is 4.53. The quantitative estimate of drug-likeness (QED) is 0.757. The van der Waals surface area contributed by atoms with Gasteiger partial charge in [0.05, 0.1) is 10.6 Å². The number of primary sulfonamides is 1. The third-order valence-electron chi connectivity index (χ3n) is 3.18. The number of halogens is 1. The van der Waals surface area contributed by atoms with Gasteiger partial charge in [-0.3, -0.25) is 0 Å². The largest absolute Gasteiger partial charge is 0.378 e. The summed E-state index contributed by atoms with van der Waals surface area (Å²) in [6, 6.07) is 3.60. The molecule has 0 bridgehead atoms. The predicted octanol–water partition coefficient (Wildman–Crippen LogP) is 0.765. The Morgan fingerprint density at radius 2 is 2.06 bits per heavy atom. The zero-order valence-corrected chi connectivity index (χ0v) is 10.6.